The molecule has 106 valence electrons. The first kappa shape index (κ1) is 13.8. The molecule has 0 atom stereocenters. The third kappa shape index (κ3) is 2.80. The second-order valence-corrected chi connectivity index (χ2v) is 6.31. The number of halogens is 1. The van der Waals surface area contributed by atoms with E-state index in [1.54, 1.807) is 7.11 Å². The molecule has 2 aromatic rings. The van der Waals surface area contributed by atoms with Crippen LogP contribution in [-0.2, 0) is 16.1 Å². The van der Waals surface area contributed by atoms with Crippen LogP contribution in [0.5, 0.6) is 0 Å². The maximum absolute atomic E-state index is 11.9. The van der Waals surface area contributed by atoms with Crippen LogP contribution in [0.15, 0.2) is 23.2 Å². The molecule has 0 aliphatic heterocycles. The zero-order valence-electron chi connectivity index (χ0n) is 11.1. The van der Waals surface area contributed by atoms with Crippen molar-refractivity contribution in [3.63, 3.8) is 0 Å². The fourth-order valence-electron chi connectivity index (χ4n) is 2.05. The summed E-state index contributed by atoms with van der Waals surface area (Å²) in [5.41, 5.74) is 1.04. The third-order valence-electron chi connectivity index (χ3n) is 3.30. The Morgan fingerprint density at radius 3 is 3.05 bits per heavy atom. The van der Waals surface area contributed by atoms with Gasteiger partial charge in [0.25, 0.3) is 5.91 Å². The summed E-state index contributed by atoms with van der Waals surface area (Å²) in [7, 11) is 1.66. The third-order valence-corrected chi connectivity index (χ3v) is 4.57. The number of rotatable bonds is 4. The van der Waals surface area contributed by atoms with E-state index in [9.17, 15) is 4.79 Å². The van der Waals surface area contributed by atoms with Gasteiger partial charge in [0.2, 0.25) is 0 Å². The second-order valence-electron chi connectivity index (χ2n) is 4.87. The van der Waals surface area contributed by atoms with Crippen molar-refractivity contribution in [2.24, 2.45) is 10.9 Å². The number of carbonyl (C=O) groups is 1. The molecule has 1 aromatic carbocycles. The minimum atomic E-state index is -0.00572. The summed E-state index contributed by atoms with van der Waals surface area (Å²) in [4.78, 5) is 16.9. The van der Waals surface area contributed by atoms with E-state index < -0.39 is 0 Å². The van der Waals surface area contributed by atoms with Crippen LogP contribution in [0.25, 0.3) is 10.2 Å². The van der Waals surface area contributed by atoms with Gasteiger partial charge in [0.15, 0.2) is 4.80 Å². The number of aromatic nitrogens is 1. The summed E-state index contributed by atoms with van der Waals surface area (Å²) in [6.07, 6.45) is 1.94. The number of nitrogens with zero attached hydrogens (tertiary/aromatic N) is 2. The van der Waals surface area contributed by atoms with E-state index in [-0.39, 0.29) is 11.8 Å². The van der Waals surface area contributed by atoms with Crippen LogP contribution >= 0.6 is 22.9 Å². The van der Waals surface area contributed by atoms with Gasteiger partial charge >= 0.3 is 0 Å². The minimum Gasteiger partial charge on any atom is -0.383 e. The van der Waals surface area contributed by atoms with E-state index in [4.69, 9.17) is 16.3 Å². The first-order chi connectivity index (χ1) is 9.69. The number of amides is 1. The van der Waals surface area contributed by atoms with E-state index in [2.05, 4.69) is 4.99 Å². The van der Waals surface area contributed by atoms with Crippen LogP contribution in [-0.4, -0.2) is 24.2 Å². The number of hydrogen-bond acceptors (Lipinski definition) is 3. The molecule has 1 aromatic heterocycles. The summed E-state index contributed by atoms with van der Waals surface area (Å²) >= 11 is 7.52. The Morgan fingerprint density at radius 1 is 1.55 bits per heavy atom. The van der Waals surface area contributed by atoms with Crippen LogP contribution in [0.2, 0.25) is 5.02 Å². The van der Waals surface area contributed by atoms with Crippen LogP contribution in [0.3, 0.4) is 0 Å². The summed E-state index contributed by atoms with van der Waals surface area (Å²) in [6, 6.07) is 5.72. The number of thiazole rings is 1. The molecule has 6 heteroatoms. The Morgan fingerprint density at radius 2 is 2.35 bits per heavy atom. The fraction of sp³-hybridized carbons (Fsp3) is 0.429. The summed E-state index contributed by atoms with van der Waals surface area (Å²) in [6.45, 7) is 1.26. The van der Waals surface area contributed by atoms with Crippen molar-refractivity contribution < 1.29 is 9.53 Å². The van der Waals surface area contributed by atoms with E-state index >= 15 is 0 Å². The molecule has 1 aliphatic rings. The van der Waals surface area contributed by atoms with Crippen LogP contribution in [0.1, 0.15) is 12.8 Å². The summed E-state index contributed by atoms with van der Waals surface area (Å²) in [5.74, 6) is 0.133. The highest BCUT2D eigenvalue weighted by Gasteiger charge is 2.29. The first-order valence-corrected chi connectivity index (χ1v) is 7.75. The molecule has 1 fully saturated rings. The van der Waals surface area contributed by atoms with E-state index in [0.29, 0.717) is 18.2 Å². The summed E-state index contributed by atoms with van der Waals surface area (Å²) < 4.78 is 8.20. The van der Waals surface area contributed by atoms with Crippen molar-refractivity contribution in [1.82, 2.24) is 4.57 Å². The highest BCUT2D eigenvalue weighted by atomic mass is 35.5. The Balaban J connectivity index is 2.10. The quantitative estimate of drug-likeness (QED) is 0.871. The standard InChI is InChI=1S/C14H15ClN2O2S/c1-19-7-6-17-11-5-4-10(15)8-12(11)20-14(17)16-13(18)9-2-3-9/h4-5,8-9H,2-3,6-7H2,1H3. The molecule has 4 nitrogen and oxygen atoms in total. The normalized spacial score (nSPS) is 16.0. The molecule has 1 heterocycles. The molecule has 0 spiro atoms. The van der Waals surface area contributed by atoms with Gasteiger partial charge in [-0.25, -0.2) is 0 Å². The number of carbonyl (C=O) groups excluding carboxylic acids is 1. The van der Waals surface area contributed by atoms with E-state index in [1.165, 1.54) is 11.3 Å². The SMILES string of the molecule is COCCn1c(=NC(=O)C2CC2)sc2cc(Cl)ccc21. The van der Waals surface area contributed by atoms with Crippen molar-refractivity contribution in [2.75, 3.05) is 13.7 Å². The predicted molar refractivity (Wildman–Crippen MR) is 80.0 cm³/mol. The molecule has 3 rings (SSSR count). The smallest absolute Gasteiger partial charge is 0.251 e. The summed E-state index contributed by atoms with van der Waals surface area (Å²) in [5, 5.41) is 0.692. The van der Waals surface area contributed by atoms with E-state index in [0.717, 1.165) is 27.9 Å². The number of hydrogen-bond donors (Lipinski definition) is 0. The predicted octanol–water partition coefficient (Wildman–Crippen LogP) is 2.84. The average Bonchev–Trinajstić information content (AvgIpc) is 3.21. The van der Waals surface area contributed by atoms with Crippen molar-refractivity contribution in [2.45, 2.75) is 19.4 Å². The molecule has 0 unspecified atom stereocenters. The van der Waals surface area contributed by atoms with E-state index in [1.807, 2.05) is 22.8 Å². The van der Waals surface area contributed by atoms with Gasteiger partial charge < -0.3 is 9.30 Å². The van der Waals surface area contributed by atoms with Gasteiger partial charge in [-0.05, 0) is 31.0 Å². The topological polar surface area (TPSA) is 43.6 Å². The number of fused-ring (bicyclic) bond motifs is 1. The zero-order valence-corrected chi connectivity index (χ0v) is 12.7. The lowest BCUT2D eigenvalue weighted by Crippen LogP contribution is -2.19. The fourth-order valence-corrected chi connectivity index (χ4v) is 3.38. The van der Waals surface area contributed by atoms with Crippen molar-refractivity contribution in [3.05, 3.63) is 28.0 Å². The Kier molecular flexibility index (Phi) is 3.92. The van der Waals surface area contributed by atoms with Gasteiger partial charge in [-0.1, -0.05) is 22.9 Å². The molecule has 0 saturated heterocycles. The van der Waals surface area contributed by atoms with Crippen molar-refractivity contribution in [3.8, 4) is 0 Å². The molecular weight excluding hydrogens is 296 g/mol. The Bertz CT molecular complexity index is 716. The van der Waals surface area contributed by atoms with Gasteiger partial charge in [0, 0.05) is 24.6 Å². The maximum atomic E-state index is 11.9. The monoisotopic (exact) mass is 310 g/mol. The lowest BCUT2D eigenvalue weighted by Gasteiger charge is -2.04. The minimum absolute atomic E-state index is 0.00572. The zero-order chi connectivity index (χ0) is 14.1. The van der Waals surface area contributed by atoms with Crippen molar-refractivity contribution in [1.29, 1.82) is 0 Å². The lowest BCUT2D eigenvalue weighted by atomic mass is 10.3. The molecule has 1 saturated carbocycles. The highest BCUT2D eigenvalue weighted by molar-refractivity contribution is 7.16. The van der Waals surface area contributed by atoms with Crippen molar-refractivity contribution >= 4 is 39.1 Å². The first-order valence-electron chi connectivity index (χ1n) is 6.55. The highest BCUT2D eigenvalue weighted by Crippen LogP contribution is 2.30. The molecule has 20 heavy (non-hydrogen) atoms. The number of methoxy groups -OCH3 is 1. The largest absolute Gasteiger partial charge is 0.383 e. The number of benzene rings is 1. The second kappa shape index (κ2) is 5.68. The van der Waals surface area contributed by atoms with Gasteiger partial charge in [-0.3, -0.25) is 4.79 Å². The molecule has 0 N–H and O–H groups in total. The molecular formula is C14H15ClN2O2S. The van der Waals surface area contributed by atoms with Gasteiger partial charge in [0.1, 0.15) is 0 Å². The average molecular weight is 311 g/mol. The van der Waals surface area contributed by atoms with Gasteiger partial charge in [-0.15, -0.1) is 0 Å². The van der Waals surface area contributed by atoms with Crippen LogP contribution < -0.4 is 4.80 Å². The van der Waals surface area contributed by atoms with Crippen LogP contribution in [0, 0.1) is 5.92 Å². The molecule has 1 aliphatic carbocycles. The Labute approximate surface area is 125 Å². The molecule has 0 radical (unpaired) electrons. The maximum Gasteiger partial charge on any atom is 0.251 e. The number of ether oxygens (including phenoxy) is 1. The lowest BCUT2D eigenvalue weighted by molar-refractivity contribution is -0.119. The Hall–Kier alpha value is -1.17. The van der Waals surface area contributed by atoms with Gasteiger partial charge in [0.05, 0.1) is 16.8 Å². The van der Waals surface area contributed by atoms with Crippen LogP contribution in [0.4, 0.5) is 0 Å². The van der Waals surface area contributed by atoms with Gasteiger partial charge in [-0.2, -0.15) is 4.99 Å². The molecule has 0 bridgehead atoms. The molecule has 1 amide bonds.